The highest BCUT2D eigenvalue weighted by Crippen LogP contribution is 2.13. The molecule has 0 bridgehead atoms. The van der Waals surface area contributed by atoms with Crippen LogP contribution in [-0.4, -0.2) is 21.0 Å². The number of hydrogen-bond acceptors (Lipinski definition) is 2. The van der Waals surface area contributed by atoms with Gasteiger partial charge in [-0.1, -0.05) is 48.8 Å². The molecule has 0 N–H and O–H groups in total. The highest BCUT2D eigenvalue weighted by Gasteiger charge is 2.18. The second-order valence-electron chi connectivity index (χ2n) is 4.40. The van der Waals surface area contributed by atoms with E-state index in [1.54, 1.807) is 12.1 Å². The molecule has 0 aliphatic carbocycles. The maximum absolute atomic E-state index is 11.9. The van der Waals surface area contributed by atoms with Gasteiger partial charge in [0.25, 0.3) is 0 Å². The Balaban J connectivity index is 2.67. The Labute approximate surface area is 113 Å². The van der Waals surface area contributed by atoms with E-state index < -0.39 is 10.8 Å². The first-order valence-corrected chi connectivity index (χ1v) is 7.75. The van der Waals surface area contributed by atoms with Gasteiger partial charge in [0.2, 0.25) is 0 Å². The third kappa shape index (κ3) is 4.36. The van der Waals surface area contributed by atoms with Crippen LogP contribution >= 0.6 is 15.9 Å². The molecular formula is C13H17BrO2S. The fraction of sp³-hybridized carbons (Fsp3) is 0.462. The Bertz CT molecular complexity index is 412. The summed E-state index contributed by atoms with van der Waals surface area (Å²) in [6.45, 7) is 5.97. The summed E-state index contributed by atoms with van der Waals surface area (Å²) in [5.41, 5.74) is 0.623. The summed E-state index contributed by atoms with van der Waals surface area (Å²) in [5, 5.41) is 0.0504. The average Bonchev–Trinajstić information content (AvgIpc) is 2.28. The van der Waals surface area contributed by atoms with Crippen molar-refractivity contribution in [2.24, 2.45) is 5.92 Å². The molecule has 0 heterocycles. The van der Waals surface area contributed by atoms with Gasteiger partial charge in [0.1, 0.15) is 0 Å². The largest absolute Gasteiger partial charge is 0.293 e. The number of benzene rings is 1. The molecule has 1 aromatic carbocycles. The van der Waals surface area contributed by atoms with Gasteiger partial charge in [-0.15, -0.1) is 0 Å². The second-order valence-corrected chi connectivity index (χ2v) is 7.11. The first-order chi connectivity index (χ1) is 7.91. The Morgan fingerprint density at radius 2 is 1.76 bits per heavy atom. The smallest absolute Gasteiger partial charge is 0.175 e. The van der Waals surface area contributed by atoms with Crippen LogP contribution in [-0.2, 0) is 10.8 Å². The lowest BCUT2D eigenvalue weighted by molar-refractivity contribution is 0.102. The minimum absolute atomic E-state index is 0.0504. The van der Waals surface area contributed by atoms with Gasteiger partial charge >= 0.3 is 0 Å². The first-order valence-electron chi connectivity index (χ1n) is 5.57. The van der Waals surface area contributed by atoms with E-state index in [-0.39, 0.29) is 16.8 Å². The lowest BCUT2D eigenvalue weighted by atomic mass is 10.1. The van der Waals surface area contributed by atoms with Gasteiger partial charge in [0.05, 0.1) is 5.75 Å². The molecular weight excluding hydrogens is 300 g/mol. The zero-order valence-corrected chi connectivity index (χ0v) is 12.7. The van der Waals surface area contributed by atoms with Gasteiger partial charge < -0.3 is 0 Å². The van der Waals surface area contributed by atoms with Crippen molar-refractivity contribution in [2.45, 2.75) is 26.0 Å². The van der Waals surface area contributed by atoms with Crippen LogP contribution in [0.2, 0.25) is 0 Å². The van der Waals surface area contributed by atoms with Gasteiger partial charge in [-0.25, -0.2) is 0 Å². The Hall–Kier alpha value is -0.480. The quantitative estimate of drug-likeness (QED) is 0.780. The van der Waals surface area contributed by atoms with E-state index >= 15 is 0 Å². The predicted octanol–water partition coefficient (Wildman–Crippen LogP) is 3.43. The average molecular weight is 317 g/mol. The molecule has 0 saturated carbocycles. The van der Waals surface area contributed by atoms with Crippen molar-refractivity contribution in [2.75, 3.05) is 5.75 Å². The standard InChI is InChI=1S/C13H17BrO2S/c1-9(2)10(3)17(16)8-13(15)11-4-6-12(14)7-5-11/h4-7,9-10H,8H2,1-3H3. The van der Waals surface area contributed by atoms with Gasteiger partial charge in [-0.05, 0) is 18.1 Å². The summed E-state index contributed by atoms with van der Waals surface area (Å²) < 4.78 is 12.9. The topological polar surface area (TPSA) is 34.1 Å². The van der Waals surface area contributed by atoms with E-state index in [0.29, 0.717) is 11.5 Å². The first kappa shape index (κ1) is 14.6. The lowest BCUT2D eigenvalue weighted by Gasteiger charge is -2.14. The maximum atomic E-state index is 11.9. The van der Waals surface area contributed by atoms with Crippen molar-refractivity contribution >= 4 is 32.5 Å². The highest BCUT2D eigenvalue weighted by atomic mass is 79.9. The van der Waals surface area contributed by atoms with Gasteiger partial charge in [0.15, 0.2) is 5.78 Å². The summed E-state index contributed by atoms with van der Waals surface area (Å²) in [6.07, 6.45) is 0. The minimum atomic E-state index is -1.09. The number of rotatable bonds is 5. The molecule has 2 unspecified atom stereocenters. The normalized spacial score (nSPS) is 14.6. The van der Waals surface area contributed by atoms with E-state index in [9.17, 15) is 9.00 Å². The van der Waals surface area contributed by atoms with Crippen LogP contribution in [0.3, 0.4) is 0 Å². The number of Topliss-reactive ketones (excluding diaryl/α,β-unsaturated/α-hetero) is 1. The zero-order valence-electron chi connectivity index (χ0n) is 10.3. The summed E-state index contributed by atoms with van der Waals surface area (Å²) in [7, 11) is -1.09. The molecule has 2 nitrogen and oxygen atoms in total. The van der Waals surface area contributed by atoms with Gasteiger partial charge in [0, 0.05) is 26.1 Å². The van der Waals surface area contributed by atoms with E-state index in [1.807, 2.05) is 32.9 Å². The fourth-order valence-electron chi connectivity index (χ4n) is 1.28. The number of ketones is 1. The van der Waals surface area contributed by atoms with Gasteiger partial charge in [-0.2, -0.15) is 0 Å². The fourth-order valence-corrected chi connectivity index (χ4v) is 2.84. The molecule has 0 aliphatic heterocycles. The van der Waals surface area contributed by atoms with Crippen molar-refractivity contribution in [3.8, 4) is 0 Å². The summed E-state index contributed by atoms with van der Waals surface area (Å²) in [6, 6.07) is 7.15. The number of carbonyl (C=O) groups is 1. The van der Waals surface area contributed by atoms with Crippen LogP contribution in [0.25, 0.3) is 0 Å². The number of hydrogen-bond donors (Lipinski definition) is 0. The van der Waals surface area contributed by atoms with E-state index in [2.05, 4.69) is 15.9 Å². The molecule has 0 radical (unpaired) electrons. The SMILES string of the molecule is CC(C)C(C)S(=O)CC(=O)c1ccc(Br)cc1. The molecule has 0 amide bonds. The van der Waals surface area contributed by atoms with Crippen LogP contribution in [0.15, 0.2) is 28.7 Å². The molecule has 2 atom stereocenters. The van der Waals surface area contributed by atoms with Crippen LogP contribution in [0.1, 0.15) is 31.1 Å². The molecule has 1 aromatic rings. The van der Waals surface area contributed by atoms with Gasteiger partial charge in [-0.3, -0.25) is 9.00 Å². The van der Waals surface area contributed by atoms with Crippen molar-refractivity contribution in [3.63, 3.8) is 0 Å². The third-order valence-corrected chi connectivity index (χ3v) is 5.24. The highest BCUT2D eigenvalue weighted by molar-refractivity contribution is 9.10. The second kappa shape index (κ2) is 6.45. The summed E-state index contributed by atoms with van der Waals surface area (Å²) >= 11 is 3.32. The molecule has 0 aliphatic rings. The Morgan fingerprint density at radius 1 is 1.24 bits per heavy atom. The molecule has 0 spiro atoms. The Morgan fingerprint density at radius 3 is 2.24 bits per heavy atom. The number of halogens is 1. The van der Waals surface area contributed by atoms with Crippen LogP contribution in [0, 0.1) is 5.92 Å². The molecule has 94 valence electrons. The zero-order chi connectivity index (χ0) is 13.0. The molecule has 4 heteroatoms. The molecule has 0 fully saturated rings. The third-order valence-electron chi connectivity index (χ3n) is 2.79. The maximum Gasteiger partial charge on any atom is 0.175 e. The van der Waals surface area contributed by atoms with E-state index in [0.717, 1.165) is 4.47 Å². The van der Waals surface area contributed by atoms with Crippen molar-refractivity contribution < 1.29 is 9.00 Å². The van der Waals surface area contributed by atoms with Crippen molar-refractivity contribution in [1.82, 2.24) is 0 Å². The molecule has 17 heavy (non-hydrogen) atoms. The van der Waals surface area contributed by atoms with Crippen LogP contribution in [0.4, 0.5) is 0 Å². The number of carbonyl (C=O) groups excluding carboxylic acids is 1. The minimum Gasteiger partial charge on any atom is -0.293 e. The predicted molar refractivity (Wildman–Crippen MR) is 75.8 cm³/mol. The molecule has 0 aromatic heterocycles. The van der Waals surface area contributed by atoms with Crippen molar-refractivity contribution in [3.05, 3.63) is 34.3 Å². The molecule has 0 saturated heterocycles. The van der Waals surface area contributed by atoms with Crippen molar-refractivity contribution in [1.29, 1.82) is 0 Å². The van der Waals surface area contributed by atoms with E-state index in [1.165, 1.54) is 0 Å². The summed E-state index contributed by atoms with van der Waals surface area (Å²) in [4.78, 5) is 11.9. The van der Waals surface area contributed by atoms with Crippen LogP contribution < -0.4 is 0 Å². The Kier molecular flexibility index (Phi) is 5.53. The molecule has 1 rings (SSSR count). The lowest BCUT2D eigenvalue weighted by Crippen LogP contribution is -2.24. The van der Waals surface area contributed by atoms with Crippen LogP contribution in [0.5, 0.6) is 0 Å². The summed E-state index contributed by atoms with van der Waals surface area (Å²) in [5.74, 6) is 0.387. The van der Waals surface area contributed by atoms with E-state index in [4.69, 9.17) is 0 Å². The monoisotopic (exact) mass is 316 g/mol.